The van der Waals surface area contributed by atoms with Crippen molar-refractivity contribution in [2.45, 2.75) is 25.8 Å². The van der Waals surface area contributed by atoms with E-state index < -0.39 is 11.2 Å². The quantitative estimate of drug-likeness (QED) is 0.668. The Bertz CT molecular complexity index is 884. The highest BCUT2D eigenvalue weighted by molar-refractivity contribution is 5.92. The molecule has 0 N–H and O–H groups in total. The first-order valence-corrected chi connectivity index (χ1v) is 10.1. The highest BCUT2D eigenvalue weighted by Gasteiger charge is 2.32. The molecule has 2 fully saturated rings. The van der Waals surface area contributed by atoms with Crippen LogP contribution in [-0.2, 0) is 18.8 Å². The molecule has 10 heteroatoms. The standard InChI is InChI=1S/C19H29N5O5/c1-4-29-19(28)23-10-8-22(9-11-23)14-6-5-7-24(13-14)17(26)15-12-16(25)21(3)18(27)20(15)2/h12,14H,4-11,13H2,1-3H3/t14-/m1/s1. The number of piperazine rings is 1. The number of carbonyl (C=O) groups excluding carboxylic acids is 2. The summed E-state index contributed by atoms with van der Waals surface area (Å²) in [5.74, 6) is -0.294. The summed E-state index contributed by atoms with van der Waals surface area (Å²) in [4.78, 5) is 54.7. The molecule has 0 aliphatic carbocycles. The third kappa shape index (κ3) is 4.36. The molecule has 1 aromatic rings. The van der Waals surface area contributed by atoms with Gasteiger partial charge in [-0.25, -0.2) is 9.59 Å². The van der Waals surface area contributed by atoms with Gasteiger partial charge in [0.25, 0.3) is 11.5 Å². The number of likely N-dealkylation sites (tertiary alicyclic amines) is 1. The van der Waals surface area contributed by atoms with Gasteiger partial charge in [0.1, 0.15) is 5.69 Å². The lowest BCUT2D eigenvalue weighted by Gasteiger charge is -2.43. The van der Waals surface area contributed by atoms with Gasteiger partial charge in [-0.3, -0.25) is 23.6 Å². The lowest BCUT2D eigenvalue weighted by atomic mass is 10.0. The number of nitrogens with zero attached hydrogens (tertiary/aromatic N) is 5. The van der Waals surface area contributed by atoms with Gasteiger partial charge in [-0.2, -0.15) is 0 Å². The Morgan fingerprint density at radius 2 is 1.72 bits per heavy atom. The fourth-order valence-electron chi connectivity index (χ4n) is 4.02. The average Bonchev–Trinajstić information content (AvgIpc) is 2.74. The molecule has 160 valence electrons. The van der Waals surface area contributed by atoms with E-state index in [2.05, 4.69) is 4.90 Å². The molecule has 3 heterocycles. The van der Waals surface area contributed by atoms with Gasteiger partial charge in [-0.1, -0.05) is 0 Å². The number of carbonyl (C=O) groups is 2. The average molecular weight is 407 g/mol. The van der Waals surface area contributed by atoms with Crippen molar-refractivity contribution in [1.82, 2.24) is 23.8 Å². The van der Waals surface area contributed by atoms with Crippen LogP contribution in [0.25, 0.3) is 0 Å². The van der Waals surface area contributed by atoms with Crippen LogP contribution < -0.4 is 11.2 Å². The number of amides is 2. The second kappa shape index (κ2) is 8.81. The topological polar surface area (TPSA) is 97.1 Å². The van der Waals surface area contributed by atoms with Gasteiger partial charge in [0.2, 0.25) is 0 Å². The highest BCUT2D eigenvalue weighted by atomic mass is 16.6. The lowest BCUT2D eigenvalue weighted by molar-refractivity contribution is 0.0373. The molecule has 2 aliphatic heterocycles. The van der Waals surface area contributed by atoms with E-state index in [4.69, 9.17) is 4.74 Å². The van der Waals surface area contributed by atoms with Gasteiger partial charge < -0.3 is 14.5 Å². The van der Waals surface area contributed by atoms with Crippen LogP contribution >= 0.6 is 0 Å². The first kappa shape index (κ1) is 21.1. The molecule has 2 amide bonds. The lowest BCUT2D eigenvalue weighted by Crippen LogP contribution is -2.57. The summed E-state index contributed by atoms with van der Waals surface area (Å²) < 4.78 is 7.27. The minimum absolute atomic E-state index is 0.117. The van der Waals surface area contributed by atoms with E-state index in [1.807, 2.05) is 0 Å². The predicted molar refractivity (Wildman–Crippen MR) is 106 cm³/mol. The van der Waals surface area contributed by atoms with Crippen molar-refractivity contribution in [3.63, 3.8) is 0 Å². The minimum atomic E-state index is -0.510. The van der Waals surface area contributed by atoms with Crippen LogP contribution in [0.4, 0.5) is 4.79 Å². The number of hydrogen-bond donors (Lipinski definition) is 0. The SMILES string of the molecule is CCOC(=O)N1CCN([C@@H]2CCCN(C(=O)c3cc(=O)n(C)c(=O)n3C)C2)CC1. The second-order valence-corrected chi connectivity index (χ2v) is 7.54. The maximum Gasteiger partial charge on any atom is 0.409 e. The predicted octanol–water partition coefficient (Wildman–Crippen LogP) is -0.537. The van der Waals surface area contributed by atoms with Crippen LogP contribution in [0.15, 0.2) is 15.7 Å². The number of piperidine rings is 1. The van der Waals surface area contributed by atoms with Gasteiger partial charge in [0, 0.05) is 65.5 Å². The molecule has 10 nitrogen and oxygen atoms in total. The van der Waals surface area contributed by atoms with E-state index in [0.29, 0.717) is 32.8 Å². The van der Waals surface area contributed by atoms with Crippen LogP contribution in [0.1, 0.15) is 30.3 Å². The third-order valence-electron chi connectivity index (χ3n) is 5.79. The second-order valence-electron chi connectivity index (χ2n) is 7.54. The fraction of sp³-hybridized carbons (Fsp3) is 0.684. The molecule has 0 radical (unpaired) electrons. The summed E-state index contributed by atoms with van der Waals surface area (Å²) in [6, 6.07) is 1.42. The zero-order valence-electron chi connectivity index (χ0n) is 17.3. The monoisotopic (exact) mass is 407 g/mol. The molecule has 1 aromatic heterocycles. The smallest absolute Gasteiger partial charge is 0.409 e. The van der Waals surface area contributed by atoms with E-state index in [9.17, 15) is 19.2 Å². The van der Waals surface area contributed by atoms with E-state index in [0.717, 1.165) is 30.5 Å². The Balaban J connectivity index is 1.66. The van der Waals surface area contributed by atoms with E-state index in [-0.39, 0.29) is 23.7 Å². The normalized spacial score (nSPS) is 20.6. The molecule has 0 spiro atoms. The maximum absolute atomic E-state index is 13.0. The van der Waals surface area contributed by atoms with Gasteiger partial charge in [-0.05, 0) is 19.8 Å². The third-order valence-corrected chi connectivity index (χ3v) is 5.79. The van der Waals surface area contributed by atoms with Crippen molar-refractivity contribution < 1.29 is 14.3 Å². The minimum Gasteiger partial charge on any atom is -0.450 e. The summed E-state index contributed by atoms with van der Waals surface area (Å²) in [7, 11) is 2.90. The fourth-order valence-corrected chi connectivity index (χ4v) is 4.02. The number of aromatic nitrogens is 2. The van der Waals surface area contributed by atoms with Gasteiger partial charge >= 0.3 is 11.8 Å². The Hall–Kier alpha value is -2.62. The van der Waals surface area contributed by atoms with E-state index in [1.54, 1.807) is 16.7 Å². The van der Waals surface area contributed by atoms with Crippen molar-refractivity contribution in [2.24, 2.45) is 14.1 Å². The van der Waals surface area contributed by atoms with E-state index in [1.165, 1.54) is 24.7 Å². The van der Waals surface area contributed by atoms with Gasteiger partial charge in [0.15, 0.2) is 0 Å². The van der Waals surface area contributed by atoms with Crippen molar-refractivity contribution in [3.8, 4) is 0 Å². The summed E-state index contributed by atoms with van der Waals surface area (Å²) in [5, 5.41) is 0. The van der Waals surface area contributed by atoms with Gasteiger partial charge in [-0.15, -0.1) is 0 Å². The zero-order chi connectivity index (χ0) is 21.1. The van der Waals surface area contributed by atoms with E-state index >= 15 is 0 Å². The van der Waals surface area contributed by atoms with Crippen LogP contribution in [0.2, 0.25) is 0 Å². The molecule has 1 atom stereocenters. The van der Waals surface area contributed by atoms with Crippen molar-refractivity contribution >= 4 is 12.0 Å². The molecule has 0 aromatic carbocycles. The summed E-state index contributed by atoms with van der Waals surface area (Å²) in [6.07, 6.45) is 1.55. The Morgan fingerprint density at radius 3 is 2.38 bits per heavy atom. The summed E-state index contributed by atoms with van der Waals surface area (Å²) in [5.41, 5.74) is -0.879. The zero-order valence-corrected chi connectivity index (χ0v) is 17.3. The maximum atomic E-state index is 13.0. The van der Waals surface area contributed by atoms with Crippen molar-refractivity contribution in [2.75, 3.05) is 45.9 Å². The number of hydrogen-bond acceptors (Lipinski definition) is 6. The molecule has 2 saturated heterocycles. The van der Waals surface area contributed by atoms with Crippen LogP contribution in [-0.4, -0.2) is 87.8 Å². The Kier molecular flexibility index (Phi) is 6.41. The van der Waals surface area contributed by atoms with Gasteiger partial charge in [0.05, 0.1) is 6.61 Å². The first-order chi connectivity index (χ1) is 13.8. The molecular formula is C19H29N5O5. The van der Waals surface area contributed by atoms with Crippen molar-refractivity contribution in [1.29, 1.82) is 0 Å². The first-order valence-electron chi connectivity index (χ1n) is 10.1. The number of rotatable bonds is 3. The van der Waals surface area contributed by atoms with Crippen LogP contribution in [0, 0.1) is 0 Å². The summed E-state index contributed by atoms with van der Waals surface area (Å²) >= 11 is 0. The molecule has 2 aliphatic rings. The van der Waals surface area contributed by atoms with Crippen LogP contribution in [0.3, 0.4) is 0 Å². The molecule has 0 bridgehead atoms. The molecular weight excluding hydrogens is 378 g/mol. The largest absolute Gasteiger partial charge is 0.450 e. The molecule has 0 saturated carbocycles. The summed E-state index contributed by atoms with van der Waals surface area (Å²) in [6.45, 7) is 5.97. The van der Waals surface area contributed by atoms with Crippen molar-refractivity contribution in [3.05, 3.63) is 32.6 Å². The molecule has 3 rings (SSSR count). The molecule has 0 unspecified atom stereocenters. The van der Waals surface area contributed by atoms with Crippen LogP contribution in [0.5, 0.6) is 0 Å². The highest BCUT2D eigenvalue weighted by Crippen LogP contribution is 2.19. The Morgan fingerprint density at radius 1 is 1.03 bits per heavy atom. The number of ether oxygens (including phenoxy) is 1. The Labute approximate surface area is 169 Å². The molecule has 29 heavy (non-hydrogen) atoms.